The van der Waals surface area contributed by atoms with Crippen molar-refractivity contribution in [2.24, 2.45) is 0 Å². The summed E-state index contributed by atoms with van der Waals surface area (Å²) in [6, 6.07) is 13.8. The average Bonchev–Trinajstić information content (AvgIpc) is 2.94. The highest BCUT2D eigenvalue weighted by Crippen LogP contribution is 2.27. The van der Waals surface area contributed by atoms with Gasteiger partial charge < -0.3 is 39.0 Å². The Bertz CT molecular complexity index is 1110. The standard InChI is InChI=1S/C28H32O10/c29-16-24-25(17-30)38-28(27(33)37-24)36-19-11-9-18(10-12-19)34-13-5-1-2-6-14-35-23-15-22(31)26(32)21-8-4-3-7-20(21)23/h3-4,7-12,15,24-25,27-30,33H,1-2,5-6,13-14,16-17H2. The van der Waals surface area contributed by atoms with Gasteiger partial charge in [0.15, 0.2) is 0 Å². The van der Waals surface area contributed by atoms with Gasteiger partial charge in [-0.15, -0.1) is 0 Å². The molecule has 4 rings (SSSR count). The Morgan fingerprint density at radius 1 is 0.737 bits per heavy atom. The molecule has 10 heteroatoms. The van der Waals surface area contributed by atoms with Gasteiger partial charge in [-0.1, -0.05) is 24.3 Å². The van der Waals surface area contributed by atoms with Crippen molar-refractivity contribution in [3.05, 3.63) is 65.7 Å². The molecule has 1 aliphatic heterocycles. The largest absolute Gasteiger partial charge is 0.494 e. The third kappa shape index (κ3) is 6.97. The second-order valence-corrected chi connectivity index (χ2v) is 8.92. The van der Waals surface area contributed by atoms with Gasteiger partial charge in [0.05, 0.1) is 26.4 Å². The molecule has 1 aliphatic carbocycles. The molecule has 204 valence electrons. The number of aliphatic hydroxyl groups is 3. The number of ether oxygens (including phenoxy) is 5. The molecule has 4 unspecified atom stereocenters. The molecule has 10 nitrogen and oxygen atoms in total. The topological polar surface area (TPSA) is 141 Å². The van der Waals surface area contributed by atoms with E-state index in [0.717, 1.165) is 25.7 Å². The van der Waals surface area contributed by atoms with E-state index in [0.29, 0.717) is 41.6 Å². The number of ketones is 2. The molecule has 2 aromatic carbocycles. The first-order chi connectivity index (χ1) is 18.5. The maximum Gasteiger partial charge on any atom is 0.251 e. The molecule has 2 aliphatic rings. The van der Waals surface area contributed by atoms with Gasteiger partial charge >= 0.3 is 0 Å². The quantitative estimate of drug-likeness (QED) is 0.262. The van der Waals surface area contributed by atoms with Gasteiger partial charge in [-0.2, -0.15) is 0 Å². The summed E-state index contributed by atoms with van der Waals surface area (Å²) < 4.78 is 27.9. The van der Waals surface area contributed by atoms with Gasteiger partial charge in [0, 0.05) is 17.2 Å². The highest BCUT2D eigenvalue weighted by atomic mass is 16.8. The van der Waals surface area contributed by atoms with Crippen LogP contribution in [-0.4, -0.2) is 78.1 Å². The van der Waals surface area contributed by atoms with Crippen LogP contribution in [0.25, 0.3) is 5.76 Å². The molecule has 38 heavy (non-hydrogen) atoms. The van der Waals surface area contributed by atoms with Crippen molar-refractivity contribution in [2.75, 3.05) is 26.4 Å². The molecule has 1 fully saturated rings. The third-order valence-electron chi connectivity index (χ3n) is 6.19. The van der Waals surface area contributed by atoms with Crippen LogP contribution in [0.5, 0.6) is 11.5 Å². The maximum atomic E-state index is 12.0. The summed E-state index contributed by atoms with van der Waals surface area (Å²) in [5.74, 6) is 0.468. The zero-order chi connectivity index (χ0) is 26.9. The van der Waals surface area contributed by atoms with Crippen molar-refractivity contribution in [3.63, 3.8) is 0 Å². The van der Waals surface area contributed by atoms with E-state index in [2.05, 4.69) is 0 Å². The molecule has 0 bridgehead atoms. The third-order valence-corrected chi connectivity index (χ3v) is 6.19. The number of aliphatic hydroxyl groups excluding tert-OH is 3. The lowest BCUT2D eigenvalue weighted by Crippen LogP contribution is -2.54. The fourth-order valence-corrected chi connectivity index (χ4v) is 4.15. The van der Waals surface area contributed by atoms with Crippen LogP contribution in [0.3, 0.4) is 0 Å². The van der Waals surface area contributed by atoms with Crippen LogP contribution in [0.15, 0.2) is 54.6 Å². The molecule has 0 radical (unpaired) electrons. The van der Waals surface area contributed by atoms with Gasteiger partial charge in [0.2, 0.25) is 17.9 Å². The lowest BCUT2D eigenvalue weighted by molar-refractivity contribution is -0.337. The zero-order valence-electron chi connectivity index (χ0n) is 20.9. The monoisotopic (exact) mass is 528 g/mol. The highest BCUT2D eigenvalue weighted by Gasteiger charge is 2.38. The van der Waals surface area contributed by atoms with E-state index < -0.39 is 43.0 Å². The maximum absolute atomic E-state index is 12.0. The first-order valence-corrected chi connectivity index (χ1v) is 12.6. The second-order valence-electron chi connectivity index (χ2n) is 8.92. The summed E-state index contributed by atoms with van der Waals surface area (Å²) in [6.07, 6.45) is 0.612. The average molecular weight is 529 g/mol. The van der Waals surface area contributed by atoms with E-state index in [4.69, 9.17) is 23.7 Å². The van der Waals surface area contributed by atoms with Gasteiger partial charge in [-0.3, -0.25) is 9.59 Å². The van der Waals surface area contributed by atoms with E-state index in [-0.39, 0.29) is 6.61 Å². The Labute approximate surface area is 220 Å². The number of allylic oxidation sites excluding steroid dienone is 1. The van der Waals surface area contributed by atoms with Gasteiger partial charge in [-0.05, 0) is 49.9 Å². The Hall–Kier alpha value is -3.28. The van der Waals surface area contributed by atoms with Crippen molar-refractivity contribution >= 4 is 17.3 Å². The number of carbonyl (C=O) groups excluding carboxylic acids is 2. The van der Waals surface area contributed by atoms with Crippen LogP contribution in [-0.2, 0) is 19.0 Å². The number of rotatable bonds is 13. The van der Waals surface area contributed by atoms with E-state index >= 15 is 0 Å². The summed E-state index contributed by atoms with van der Waals surface area (Å²) in [6.45, 7) is 0.212. The van der Waals surface area contributed by atoms with Gasteiger partial charge in [0.1, 0.15) is 29.5 Å². The number of benzene rings is 2. The minimum Gasteiger partial charge on any atom is -0.494 e. The molecule has 0 spiro atoms. The van der Waals surface area contributed by atoms with Crippen LogP contribution in [0.1, 0.15) is 41.6 Å². The van der Waals surface area contributed by atoms with E-state index in [1.807, 2.05) is 6.07 Å². The lowest BCUT2D eigenvalue weighted by Gasteiger charge is -2.37. The molecule has 0 amide bonds. The minimum atomic E-state index is -1.40. The lowest BCUT2D eigenvalue weighted by atomic mass is 9.94. The number of carbonyl (C=O) groups is 2. The molecule has 2 aromatic rings. The summed E-state index contributed by atoms with van der Waals surface area (Å²) in [5.41, 5.74) is 1.04. The van der Waals surface area contributed by atoms with Crippen molar-refractivity contribution in [3.8, 4) is 11.5 Å². The second kappa shape index (κ2) is 13.5. The van der Waals surface area contributed by atoms with Gasteiger partial charge in [-0.25, -0.2) is 0 Å². The van der Waals surface area contributed by atoms with Crippen LogP contribution >= 0.6 is 0 Å². The fraction of sp³-hybridized carbons (Fsp3) is 0.429. The Morgan fingerprint density at radius 3 is 2.03 bits per heavy atom. The highest BCUT2D eigenvalue weighted by molar-refractivity contribution is 6.50. The first kappa shape index (κ1) is 27.7. The SMILES string of the molecule is O=C1C=C(OCCCCCCOc2ccc(OC3OC(CO)C(CO)OC3O)cc2)c2ccccc2C1=O. The number of fused-ring (bicyclic) bond motifs is 1. The molecule has 0 saturated carbocycles. The van der Waals surface area contributed by atoms with Gasteiger partial charge in [0.25, 0.3) is 6.29 Å². The van der Waals surface area contributed by atoms with Crippen LogP contribution in [0, 0.1) is 0 Å². The summed E-state index contributed by atoms with van der Waals surface area (Å²) in [5, 5.41) is 28.6. The molecular weight excluding hydrogens is 496 g/mol. The van der Waals surface area contributed by atoms with Crippen LogP contribution < -0.4 is 9.47 Å². The van der Waals surface area contributed by atoms with Crippen LogP contribution in [0.2, 0.25) is 0 Å². The molecule has 1 heterocycles. The number of hydrogen-bond donors (Lipinski definition) is 3. The van der Waals surface area contributed by atoms with Crippen LogP contribution in [0.4, 0.5) is 0 Å². The normalized spacial score (nSPS) is 23.0. The predicted octanol–water partition coefficient (Wildman–Crippen LogP) is 2.24. The Morgan fingerprint density at radius 2 is 1.34 bits per heavy atom. The number of Topliss-reactive ketones (excluding diaryl/α,β-unsaturated/α-hetero) is 1. The minimum absolute atomic E-state index is 0.382. The van der Waals surface area contributed by atoms with E-state index in [1.165, 1.54) is 6.08 Å². The summed E-state index contributed by atoms with van der Waals surface area (Å²) in [4.78, 5) is 23.9. The first-order valence-electron chi connectivity index (χ1n) is 12.6. The number of unbranched alkanes of at least 4 members (excludes halogenated alkanes) is 3. The molecule has 1 saturated heterocycles. The van der Waals surface area contributed by atoms with E-state index in [1.54, 1.807) is 42.5 Å². The molecule has 0 aromatic heterocycles. The Kier molecular flexibility index (Phi) is 9.85. The van der Waals surface area contributed by atoms with Crippen molar-refractivity contribution in [2.45, 2.75) is 50.5 Å². The predicted molar refractivity (Wildman–Crippen MR) is 134 cm³/mol. The molecule has 4 atom stereocenters. The smallest absolute Gasteiger partial charge is 0.251 e. The van der Waals surface area contributed by atoms with Crippen molar-refractivity contribution in [1.29, 1.82) is 0 Å². The van der Waals surface area contributed by atoms with E-state index in [9.17, 15) is 24.9 Å². The zero-order valence-corrected chi connectivity index (χ0v) is 20.9. The summed E-state index contributed by atoms with van der Waals surface area (Å²) in [7, 11) is 0. The molecular formula is C28H32O10. The van der Waals surface area contributed by atoms with Crippen molar-refractivity contribution < 1.29 is 48.6 Å². The summed E-state index contributed by atoms with van der Waals surface area (Å²) >= 11 is 0. The fourth-order valence-electron chi connectivity index (χ4n) is 4.15. The molecule has 3 N–H and O–H groups in total. The van der Waals surface area contributed by atoms with Crippen molar-refractivity contribution in [1.82, 2.24) is 0 Å². The Balaban J connectivity index is 1.11. The number of hydrogen-bond acceptors (Lipinski definition) is 10.